The summed E-state index contributed by atoms with van der Waals surface area (Å²) in [5.41, 5.74) is 5.05. The van der Waals surface area contributed by atoms with Gasteiger partial charge in [-0.05, 0) is 55.0 Å². The molecule has 0 bridgehead atoms. The van der Waals surface area contributed by atoms with E-state index in [4.69, 9.17) is 0 Å². The molecule has 0 aliphatic heterocycles. The van der Waals surface area contributed by atoms with Crippen LogP contribution in [0.25, 0.3) is 0 Å². The highest BCUT2D eigenvalue weighted by molar-refractivity contribution is 5.96. The van der Waals surface area contributed by atoms with E-state index in [-0.39, 0.29) is 29.6 Å². The first kappa shape index (κ1) is 18.9. The zero-order chi connectivity index (χ0) is 17.3. The summed E-state index contributed by atoms with van der Waals surface area (Å²) in [7, 11) is 0. The van der Waals surface area contributed by atoms with Crippen LogP contribution in [0.2, 0.25) is 0 Å². The van der Waals surface area contributed by atoms with E-state index in [9.17, 15) is 4.79 Å². The zero-order valence-electron chi connectivity index (χ0n) is 15.3. The van der Waals surface area contributed by atoms with Gasteiger partial charge in [-0.1, -0.05) is 49.4 Å². The summed E-state index contributed by atoms with van der Waals surface area (Å²) in [6.07, 6.45) is 4.47. The molecule has 2 N–H and O–H groups in total. The van der Waals surface area contributed by atoms with E-state index in [1.54, 1.807) is 0 Å². The van der Waals surface area contributed by atoms with Gasteiger partial charge >= 0.3 is 0 Å². The van der Waals surface area contributed by atoms with Crippen LogP contribution >= 0.6 is 12.4 Å². The second-order valence-corrected chi connectivity index (χ2v) is 7.35. The van der Waals surface area contributed by atoms with E-state index >= 15 is 0 Å². The molecule has 0 radical (unpaired) electrons. The number of rotatable bonds is 5. The van der Waals surface area contributed by atoms with Gasteiger partial charge in [-0.2, -0.15) is 0 Å². The SMILES string of the molecule is CCNCc1ccccc1NC(=O)C1CC12CCCc1ccccc12.Cl. The standard InChI is InChI=1S/C22H26N2O.ClH/c1-2-23-15-17-9-4-6-12-20(17)24-21(25)19-14-22(19)13-7-10-16-8-3-5-11-18(16)22;/h3-6,8-9,11-12,19,23H,2,7,10,13-15H2,1H3,(H,24,25);1H. The number of benzene rings is 2. The molecule has 2 unspecified atom stereocenters. The topological polar surface area (TPSA) is 41.1 Å². The Hall–Kier alpha value is -1.84. The average Bonchev–Trinajstić information content (AvgIpc) is 3.36. The Morgan fingerprint density at radius 1 is 1.15 bits per heavy atom. The molecule has 2 aromatic carbocycles. The summed E-state index contributed by atoms with van der Waals surface area (Å²) in [5.74, 6) is 0.293. The molecule has 1 spiro atoms. The fraction of sp³-hybridized carbons (Fsp3) is 0.409. The van der Waals surface area contributed by atoms with Crippen LogP contribution in [-0.4, -0.2) is 12.5 Å². The normalized spacial score (nSPS) is 23.0. The third kappa shape index (κ3) is 3.38. The molecule has 2 aliphatic rings. The lowest BCUT2D eigenvalue weighted by molar-refractivity contribution is -0.117. The summed E-state index contributed by atoms with van der Waals surface area (Å²) < 4.78 is 0. The largest absolute Gasteiger partial charge is 0.326 e. The van der Waals surface area contributed by atoms with Gasteiger partial charge in [0.15, 0.2) is 0 Å². The molecule has 2 aliphatic carbocycles. The maximum Gasteiger partial charge on any atom is 0.228 e. The van der Waals surface area contributed by atoms with E-state index in [2.05, 4.69) is 47.9 Å². The number of anilines is 1. The zero-order valence-corrected chi connectivity index (χ0v) is 16.1. The van der Waals surface area contributed by atoms with Crippen LogP contribution in [0.1, 0.15) is 42.9 Å². The predicted molar refractivity (Wildman–Crippen MR) is 109 cm³/mol. The van der Waals surface area contributed by atoms with Gasteiger partial charge in [-0.3, -0.25) is 4.79 Å². The van der Waals surface area contributed by atoms with E-state index in [0.29, 0.717) is 0 Å². The number of carbonyl (C=O) groups is 1. The first-order valence-electron chi connectivity index (χ1n) is 9.42. The number of aryl methyl sites for hydroxylation is 1. The smallest absolute Gasteiger partial charge is 0.228 e. The minimum atomic E-state index is 0. The second-order valence-electron chi connectivity index (χ2n) is 7.35. The van der Waals surface area contributed by atoms with Crippen LogP contribution in [0, 0.1) is 5.92 Å². The van der Waals surface area contributed by atoms with Gasteiger partial charge in [0.05, 0.1) is 0 Å². The van der Waals surface area contributed by atoms with Crippen molar-refractivity contribution in [2.45, 2.75) is 44.6 Å². The van der Waals surface area contributed by atoms with Crippen molar-refractivity contribution < 1.29 is 4.79 Å². The van der Waals surface area contributed by atoms with Gasteiger partial charge in [0.1, 0.15) is 0 Å². The fourth-order valence-corrected chi connectivity index (χ4v) is 4.45. The van der Waals surface area contributed by atoms with Gasteiger partial charge in [0.25, 0.3) is 0 Å². The lowest BCUT2D eigenvalue weighted by Crippen LogP contribution is -2.25. The Kier molecular flexibility index (Phi) is 5.69. The minimum absolute atomic E-state index is 0. The Balaban J connectivity index is 0.00000196. The number of carbonyl (C=O) groups excluding carboxylic acids is 1. The number of para-hydroxylation sites is 1. The van der Waals surface area contributed by atoms with E-state index in [1.165, 1.54) is 17.5 Å². The molecule has 0 saturated heterocycles. The number of fused-ring (bicyclic) bond motifs is 2. The highest BCUT2D eigenvalue weighted by Gasteiger charge is 2.60. The summed E-state index contributed by atoms with van der Waals surface area (Å²) in [5, 5.41) is 6.55. The van der Waals surface area contributed by atoms with Crippen molar-refractivity contribution >= 4 is 24.0 Å². The van der Waals surface area contributed by atoms with Crippen molar-refractivity contribution in [1.82, 2.24) is 5.32 Å². The summed E-state index contributed by atoms with van der Waals surface area (Å²) in [6.45, 7) is 3.80. The van der Waals surface area contributed by atoms with Gasteiger partial charge < -0.3 is 10.6 Å². The van der Waals surface area contributed by atoms with Crippen molar-refractivity contribution in [2.24, 2.45) is 5.92 Å². The summed E-state index contributed by atoms with van der Waals surface area (Å²) in [4.78, 5) is 13.0. The van der Waals surface area contributed by atoms with E-state index < -0.39 is 0 Å². The Bertz CT molecular complexity index is 791. The molecule has 3 nitrogen and oxygen atoms in total. The van der Waals surface area contributed by atoms with E-state index in [1.807, 2.05) is 18.2 Å². The van der Waals surface area contributed by atoms with Crippen molar-refractivity contribution in [3.63, 3.8) is 0 Å². The van der Waals surface area contributed by atoms with Crippen LogP contribution in [0.15, 0.2) is 48.5 Å². The lowest BCUT2D eigenvalue weighted by atomic mass is 9.78. The first-order valence-corrected chi connectivity index (χ1v) is 9.42. The molecular weight excluding hydrogens is 344 g/mol. The molecule has 2 aromatic rings. The van der Waals surface area contributed by atoms with Gasteiger partial charge in [0.2, 0.25) is 5.91 Å². The summed E-state index contributed by atoms with van der Waals surface area (Å²) >= 11 is 0. The molecule has 0 heterocycles. The number of hydrogen-bond donors (Lipinski definition) is 2. The molecule has 0 aromatic heterocycles. The molecule has 1 saturated carbocycles. The first-order chi connectivity index (χ1) is 12.2. The molecular formula is C22H27ClN2O. The van der Waals surface area contributed by atoms with Crippen molar-refractivity contribution in [3.05, 3.63) is 65.2 Å². The average molecular weight is 371 g/mol. The van der Waals surface area contributed by atoms with Crippen LogP contribution in [0.4, 0.5) is 5.69 Å². The lowest BCUT2D eigenvalue weighted by Gasteiger charge is -2.26. The Morgan fingerprint density at radius 2 is 1.92 bits per heavy atom. The molecule has 26 heavy (non-hydrogen) atoms. The Labute approximate surface area is 162 Å². The molecule has 138 valence electrons. The predicted octanol–water partition coefficient (Wildman–Crippen LogP) is 4.45. The number of hydrogen-bond acceptors (Lipinski definition) is 2. The van der Waals surface area contributed by atoms with Crippen molar-refractivity contribution in [3.8, 4) is 0 Å². The Morgan fingerprint density at radius 3 is 2.77 bits per heavy atom. The third-order valence-corrected chi connectivity index (χ3v) is 5.86. The van der Waals surface area contributed by atoms with Crippen LogP contribution in [0.3, 0.4) is 0 Å². The second kappa shape index (κ2) is 7.81. The van der Waals surface area contributed by atoms with Gasteiger partial charge in [-0.15, -0.1) is 12.4 Å². The van der Waals surface area contributed by atoms with Crippen molar-refractivity contribution in [2.75, 3.05) is 11.9 Å². The third-order valence-electron chi connectivity index (χ3n) is 5.86. The van der Waals surface area contributed by atoms with Crippen LogP contribution in [0.5, 0.6) is 0 Å². The molecule has 1 fully saturated rings. The van der Waals surface area contributed by atoms with Gasteiger partial charge in [-0.25, -0.2) is 0 Å². The highest BCUT2D eigenvalue weighted by atomic mass is 35.5. The molecule has 4 rings (SSSR count). The summed E-state index contributed by atoms with van der Waals surface area (Å²) in [6, 6.07) is 16.8. The number of amides is 1. The van der Waals surface area contributed by atoms with Gasteiger partial charge in [0, 0.05) is 23.6 Å². The highest BCUT2D eigenvalue weighted by Crippen LogP contribution is 2.60. The maximum atomic E-state index is 13.0. The van der Waals surface area contributed by atoms with Crippen molar-refractivity contribution in [1.29, 1.82) is 0 Å². The maximum absolute atomic E-state index is 13.0. The number of halogens is 1. The molecule has 4 heteroatoms. The van der Waals surface area contributed by atoms with Crippen LogP contribution < -0.4 is 10.6 Å². The minimum Gasteiger partial charge on any atom is -0.326 e. The quantitative estimate of drug-likeness (QED) is 0.816. The fourth-order valence-electron chi connectivity index (χ4n) is 4.45. The molecule has 1 amide bonds. The van der Waals surface area contributed by atoms with E-state index in [0.717, 1.165) is 43.6 Å². The number of nitrogens with one attached hydrogen (secondary N) is 2. The van der Waals surface area contributed by atoms with Crippen LogP contribution in [-0.2, 0) is 23.2 Å². The molecule has 2 atom stereocenters. The monoisotopic (exact) mass is 370 g/mol.